The lowest BCUT2D eigenvalue weighted by atomic mass is 9.96. The molecule has 0 spiro atoms. The lowest BCUT2D eigenvalue weighted by Crippen LogP contribution is -2.15. The number of carbonyl (C=O) groups is 1. The van der Waals surface area contributed by atoms with Gasteiger partial charge in [0.25, 0.3) is 0 Å². The highest BCUT2D eigenvalue weighted by atomic mass is 32.2. The second-order valence-electron chi connectivity index (χ2n) is 4.87. The van der Waals surface area contributed by atoms with Crippen molar-refractivity contribution in [3.05, 3.63) is 5.82 Å². The van der Waals surface area contributed by atoms with Gasteiger partial charge in [-0.3, -0.25) is 4.79 Å². The molecule has 4 nitrogen and oxygen atoms in total. The van der Waals surface area contributed by atoms with Gasteiger partial charge in [-0.15, -0.1) is 0 Å². The van der Waals surface area contributed by atoms with Gasteiger partial charge in [-0.1, -0.05) is 39.5 Å². The van der Waals surface area contributed by atoms with Crippen LogP contribution < -0.4 is 0 Å². The van der Waals surface area contributed by atoms with E-state index in [1.54, 1.807) is 11.8 Å². The molecule has 0 saturated carbocycles. The van der Waals surface area contributed by atoms with Crippen molar-refractivity contribution in [2.24, 2.45) is 5.92 Å². The van der Waals surface area contributed by atoms with Crippen LogP contribution in [0.3, 0.4) is 0 Å². The molecular formula is C11H18N2O2S2. The second kappa shape index (κ2) is 5.82. The molecule has 1 rings (SSSR count). The van der Waals surface area contributed by atoms with E-state index in [0.717, 1.165) is 10.2 Å². The van der Waals surface area contributed by atoms with Crippen molar-refractivity contribution < 1.29 is 9.53 Å². The smallest absolute Gasteiger partial charge is 0.309 e. The van der Waals surface area contributed by atoms with Crippen molar-refractivity contribution in [2.75, 3.05) is 12.9 Å². The minimum atomic E-state index is -0.182. The Kier molecular flexibility index (Phi) is 4.94. The number of carbonyl (C=O) groups excluding carboxylic acids is 1. The molecule has 1 unspecified atom stereocenters. The zero-order valence-electron chi connectivity index (χ0n) is 10.8. The molecule has 0 amide bonds. The third-order valence-electron chi connectivity index (χ3n) is 2.14. The summed E-state index contributed by atoms with van der Waals surface area (Å²) in [6.07, 6.45) is 0. The minimum absolute atomic E-state index is 0.0245. The Labute approximate surface area is 110 Å². The topological polar surface area (TPSA) is 52.1 Å². The monoisotopic (exact) mass is 274 g/mol. The third kappa shape index (κ3) is 4.27. The standard InChI is InChI=1S/C11H18N2O2S2/c1-7(8(14)15-5)6-16-10-12-9(13-17-10)11(2,3)4/h7H,6H2,1-5H3. The number of esters is 1. The average molecular weight is 274 g/mol. The normalized spacial score (nSPS) is 13.5. The van der Waals surface area contributed by atoms with E-state index in [9.17, 15) is 4.79 Å². The molecule has 17 heavy (non-hydrogen) atoms. The van der Waals surface area contributed by atoms with Crippen LogP contribution >= 0.6 is 23.3 Å². The molecule has 0 aliphatic rings. The molecule has 0 radical (unpaired) electrons. The third-order valence-corrected chi connectivity index (χ3v) is 4.23. The lowest BCUT2D eigenvalue weighted by molar-refractivity contribution is -0.143. The van der Waals surface area contributed by atoms with Gasteiger partial charge >= 0.3 is 5.97 Å². The summed E-state index contributed by atoms with van der Waals surface area (Å²) in [6.45, 7) is 8.10. The van der Waals surface area contributed by atoms with Crippen molar-refractivity contribution in [1.29, 1.82) is 0 Å². The molecular weight excluding hydrogens is 256 g/mol. The van der Waals surface area contributed by atoms with Crippen LogP contribution in [-0.4, -0.2) is 28.2 Å². The summed E-state index contributed by atoms with van der Waals surface area (Å²) in [5, 5.41) is 0. The van der Waals surface area contributed by atoms with Gasteiger partial charge in [0.1, 0.15) is 5.82 Å². The quantitative estimate of drug-likeness (QED) is 0.624. The van der Waals surface area contributed by atoms with Gasteiger partial charge in [0, 0.05) is 11.2 Å². The SMILES string of the molecule is COC(=O)C(C)CSc1nc(C(C)(C)C)ns1. The number of aromatic nitrogens is 2. The van der Waals surface area contributed by atoms with Crippen molar-refractivity contribution in [3.63, 3.8) is 0 Å². The summed E-state index contributed by atoms with van der Waals surface area (Å²) in [7, 11) is 1.41. The molecule has 1 aromatic rings. The summed E-state index contributed by atoms with van der Waals surface area (Å²) in [5.74, 6) is 1.23. The van der Waals surface area contributed by atoms with Crippen LogP contribution in [0, 0.1) is 5.92 Å². The van der Waals surface area contributed by atoms with Crippen LogP contribution in [0.4, 0.5) is 0 Å². The van der Waals surface area contributed by atoms with Crippen LogP contribution in [0.1, 0.15) is 33.5 Å². The first-order valence-corrected chi connectivity index (χ1v) is 7.15. The first-order chi connectivity index (χ1) is 7.84. The van der Waals surface area contributed by atoms with Crippen molar-refractivity contribution in [2.45, 2.75) is 37.4 Å². The van der Waals surface area contributed by atoms with Crippen LogP contribution in [0.15, 0.2) is 4.34 Å². The Morgan fingerprint density at radius 2 is 2.18 bits per heavy atom. The maximum Gasteiger partial charge on any atom is 0.309 e. The van der Waals surface area contributed by atoms with E-state index in [2.05, 4.69) is 34.9 Å². The number of methoxy groups -OCH3 is 1. The van der Waals surface area contributed by atoms with Gasteiger partial charge < -0.3 is 4.74 Å². The fourth-order valence-electron chi connectivity index (χ4n) is 1.04. The van der Waals surface area contributed by atoms with Gasteiger partial charge in [0.05, 0.1) is 13.0 Å². The average Bonchev–Trinajstić information content (AvgIpc) is 2.72. The zero-order valence-corrected chi connectivity index (χ0v) is 12.4. The molecule has 0 saturated heterocycles. The van der Waals surface area contributed by atoms with Gasteiger partial charge in [0.15, 0.2) is 4.34 Å². The molecule has 0 aliphatic heterocycles. The Morgan fingerprint density at radius 3 is 2.65 bits per heavy atom. The fourth-order valence-corrected chi connectivity index (χ4v) is 2.85. The molecule has 1 aromatic heterocycles. The van der Waals surface area contributed by atoms with E-state index in [0.29, 0.717) is 5.75 Å². The summed E-state index contributed by atoms with van der Waals surface area (Å²) < 4.78 is 9.91. The van der Waals surface area contributed by atoms with Crippen LogP contribution in [0.25, 0.3) is 0 Å². The van der Waals surface area contributed by atoms with E-state index in [4.69, 9.17) is 0 Å². The Morgan fingerprint density at radius 1 is 1.53 bits per heavy atom. The van der Waals surface area contributed by atoms with E-state index in [1.165, 1.54) is 18.6 Å². The van der Waals surface area contributed by atoms with Gasteiger partial charge in [-0.05, 0) is 11.5 Å². The molecule has 0 bridgehead atoms. The highest BCUT2D eigenvalue weighted by molar-refractivity contribution is 8.00. The summed E-state index contributed by atoms with van der Waals surface area (Å²) >= 11 is 2.94. The largest absolute Gasteiger partial charge is 0.469 e. The first-order valence-electron chi connectivity index (χ1n) is 5.39. The van der Waals surface area contributed by atoms with Crippen molar-refractivity contribution in [1.82, 2.24) is 9.36 Å². The number of rotatable bonds is 4. The zero-order chi connectivity index (χ0) is 13.1. The number of hydrogen-bond donors (Lipinski definition) is 0. The maximum atomic E-state index is 11.2. The number of hydrogen-bond acceptors (Lipinski definition) is 6. The number of nitrogens with zero attached hydrogens (tertiary/aromatic N) is 2. The van der Waals surface area contributed by atoms with E-state index in [1.807, 2.05) is 6.92 Å². The highest BCUT2D eigenvalue weighted by Crippen LogP contribution is 2.27. The minimum Gasteiger partial charge on any atom is -0.469 e. The summed E-state index contributed by atoms with van der Waals surface area (Å²) in [6, 6.07) is 0. The number of ether oxygens (including phenoxy) is 1. The molecule has 0 fully saturated rings. The molecule has 0 aliphatic carbocycles. The van der Waals surface area contributed by atoms with Gasteiger partial charge in [-0.2, -0.15) is 4.37 Å². The molecule has 1 atom stereocenters. The Bertz CT molecular complexity index is 385. The molecule has 6 heteroatoms. The van der Waals surface area contributed by atoms with E-state index < -0.39 is 0 Å². The summed E-state index contributed by atoms with van der Waals surface area (Å²) in [5.41, 5.74) is -0.0245. The predicted molar refractivity (Wildman–Crippen MR) is 70.5 cm³/mol. The number of thioether (sulfide) groups is 1. The summed E-state index contributed by atoms with van der Waals surface area (Å²) in [4.78, 5) is 15.7. The van der Waals surface area contributed by atoms with Crippen LogP contribution in [0.5, 0.6) is 0 Å². The second-order valence-corrected chi connectivity index (χ2v) is 6.89. The van der Waals surface area contributed by atoms with Crippen molar-refractivity contribution in [3.8, 4) is 0 Å². The Hall–Kier alpha value is -0.620. The molecule has 0 N–H and O–H groups in total. The highest BCUT2D eigenvalue weighted by Gasteiger charge is 2.20. The van der Waals surface area contributed by atoms with Crippen LogP contribution in [-0.2, 0) is 14.9 Å². The van der Waals surface area contributed by atoms with E-state index >= 15 is 0 Å². The molecule has 96 valence electrons. The van der Waals surface area contributed by atoms with Crippen molar-refractivity contribution >= 4 is 29.3 Å². The maximum absolute atomic E-state index is 11.2. The lowest BCUT2D eigenvalue weighted by Gasteiger charge is -2.12. The van der Waals surface area contributed by atoms with Gasteiger partial charge in [-0.25, -0.2) is 4.98 Å². The Balaban J connectivity index is 2.53. The van der Waals surface area contributed by atoms with Crippen LogP contribution in [0.2, 0.25) is 0 Å². The van der Waals surface area contributed by atoms with E-state index in [-0.39, 0.29) is 17.3 Å². The molecule has 0 aromatic carbocycles. The fraction of sp³-hybridized carbons (Fsp3) is 0.727. The molecule has 1 heterocycles. The van der Waals surface area contributed by atoms with Gasteiger partial charge in [0.2, 0.25) is 0 Å². The first kappa shape index (κ1) is 14.4. The predicted octanol–water partition coefficient (Wildman–Crippen LogP) is 2.74.